The summed E-state index contributed by atoms with van der Waals surface area (Å²) >= 11 is 0. The average molecular weight is 371 g/mol. The van der Waals surface area contributed by atoms with Gasteiger partial charge >= 0.3 is 6.18 Å². The summed E-state index contributed by atoms with van der Waals surface area (Å²) in [4.78, 5) is 2.00. The first-order chi connectivity index (χ1) is 12.0. The number of hydrogen-bond acceptors (Lipinski definition) is 5. The summed E-state index contributed by atoms with van der Waals surface area (Å²) in [6, 6.07) is 3.67. The Labute approximate surface area is 151 Å². The minimum absolute atomic E-state index is 0.177. The van der Waals surface area contributed by atoms with Crippen LogP contribution in [-0.4, -0.2) is 34.9 Å². The Morgan fingerprint density at radius 1 is 1.12 bits per heavy atom. The van der Waals surface area contributed by atoms with Gasteiger partial charge in [-0.15, -0.1) is 10.2 Å². The fourth-order valence-corrected chi connectivity index (χ4v) is 2.68. The molecule has 0 amide bonds. The fourth-order valence-electron chi connectivity index (χ4n) is 2.68. The monoisotopic (exact) mass is 371 g/mol. The van der Waals surface area contributed by atoms with Crippen LogP contribution in [-0.2, 0) is 13.1 Å². The van der Waals surface area contributed by atoms with Gasteiger partial charge in [-0.05, 0) is 37.6 Å². The molecule has 5 nitrogen and oxygen atoms in total. The van der Waals surface area contributed by atoms with Gasteiger partial charge in [0.15, 0.2) is 6.61 Å². The summed E-state index contributed by atoms with van der Waals surface area (Å²) in [5.74, 6) is 1.60. The van der Waals surface area contributed by atoms with Gasteiger partial charge in [0.2, 0.25) is 11.8 Å². The van der Waals surface area contributed by atoms with Crippen molar-refractivity contribution in [2.24, 2.45) is 0 Å². The summed E-state index contributed by atoms with van der Waals surface area (Å²) in [5, 5.41) is 8.03. The third kappa shape index (κ3) is 5.72. The maximum Gasteiger partial charge on any atom is 0.422 e. The molecule has 2 aromatic rings. The average Bonchev–Trinajstić information content (AvgIpc) is 2.93. The molecule has 0 unspecified atom stereocenters. The summed E-state index contributed by atoms with van der Waals surface area (Å²) in [5.41, 5.74) is 2.33. The van der Waals surface area contributed by atoms with E-state index in [0.717, 1.165) is 5.56 Å². The third-order valence-electron chi connectivity index (χ3n) is 3.73. The van der Waals surface area contributed by atoms with E-state index in [1.54, 1.807) is 13.8 Å². The molecule has 0 radical (unpaired) electrons. The van der Waals surface area contributed by atoms with Crippen molar-refractivity contribution in [3.63, 3.8) is 0 Å². The van der Waals surface area contributed by atoms with Crippen LogP contribution in [0.5, 0.6) is 5.75 Å². The number of ether oxygens (including phenoxy) is 1. The molecule has 0 aliphatic carbocycles. The van der Waals surface area contributed by atoms with E-state index in [2.05, 4.69) is 10.2 Å². The fraction of sp³-hybridized carbons (Fsp3) is 0.556. The second-order valence-electron chi connectivity index (χ2n) is 6.82. The van der Waals surface area contributed by atoms with Crippen molar-refractivity contribution in [1.82, 2.24) is 15.1 Å². The summed E-state index contributed by atoms with van der Waals surface area (Å²) in [6.07, 6.45) is -4.35. The van der Waals surface area contributed by atoms with E-state index >= 15 is 0 Å². The maximum atomic E-state index is 12.4. The summed E-state index contributed by atoms with van der Waals surface area (Å²) in [7, 11) is 1.91. The van der Waals surface area contributed by atoms with E-state index in [1.807, 2.05) is 37.9 Å². The number of nitrogens with zero attached hydrogens (tertiary/aromatic N) is 3. The van der Waals surface area contributed by atoms with Crippen molar-refractivity contribution in [2.45, 2.75) is 52.9 Å². The molecular formula is C18H24F3N3O2. The topological polar surface area (TPSA) is 51.4 Å². The van der Waals surface area contributed by atoms with Crippen molar-refractivity contribution in [3.8, 4) is 5.75 Å². The van der Waals surface area contributed by atoms with E-state index < -0.39 is 12.8 Å². The van der Waals surface area contributed by atoms with Crippen molar-refractivity contribution < 1.29 is 22.3 Å². The summed E-state index contributed by atoms with van der Waals surface area (Å²) in [6.45, 7) is 7.25. The molecule has 0 saturated heterocycles. The quantitative estimate of drug-likeness (QED) is 0.723. The number of hydrogen-bond donors (Lipinski definition) is 0. The van der Waals surface area contributed by atoms with Gasteiger partial charge in [-0.3, -0.25) is 4.90 Å². The Kier molecular flexibility index (Phi) is 6.28. The maximum absolute atomic E-state index is 12.4. The smallest absolute Gasteiger partial charge is 0.422 e. The first kappa shape index (κ1) is 20.2. The second-order valence-corrected chi connectivity index (χ2v) is 6.82. The van der Waals surface area contributed by atoms with E-state index in [9.17, 15) is 13.2 Å². The Morgan fingerprint density at radius 3 is 2.23 bits per heavy atom. The highest BCUT2D eigenvalue weighted by atomic mass is 19.4. The Balaban J connectivity index is 2.02. The predicted molar refractivity (Wildman–Crippen MR) is 91.0 cm³/mol. The van der Waals surface area contributed by atoms with Gasteiger partial charge in [0.05, 0.1) is 6.54 Å². The molecular weight excluding hydrogens is 347 g/mol. The van der Waals surface area contributed by atoms with E-state index in [0.29, 0.717) is 36.0 Å². The van der Waals surface area contributed by atoms with Crippen LogP contribution in [0.25, 0.3) is 0 Å². The normalized spacial score (nSPS) is 12.2. The van der Waals surface area contributed by atoms with Crippen LogP contribution in [0.2, 0.25) is 0 Å². The molecule has 0 bridgehead atoms. The lowest BCUT2D eigenvalue weighted by Crippen LogP contribution is -2.20. The molecule has 0 aliphatic rings. The zero-order chi connectivity index (χ0) is 19.5. The van der Waals surface area contributed by atoms with Crippen LogP contribution >= 0.6 is 0 Å². The molecule has 2 rings (SSSR count). The number of halogens is 3. The van der Waals surface area contributed by atoms with Crippen LogP contribution in [0.15, 0.2) is 16.5 Å². The van der Waals surface area contributed by atoms with Gasteiger partial charge in [0.25, 0.3) is 0 Å². The number of alkyl halides is 3. The molecule has 0 N–H and O–H groups in total. The molecule has 0 aliphatic heterocycles. The molecule has 0 fully saturated rings. The standard InChI is InChI=1S/C18H24F3N3O2/c1-11(2)17-23-22-15(26-17)9-24(5)8-14-6-12(3)16(13(4)7-14)25-10-18(19,20)21/h6-7,11H,8-10H2,1-5H3. The number of benzene rings is 1. The van der Waals surface area contributed by atoms with Crippen LogP contribution < -0.4 is 4.74 Å². The minimum atomic E-state index is -4.35. The minimum Gasteiger partial charge on any atom is -0.484 e. The van der Waals surface area contributed by atoms with Gasteiger partial charge in [-0.25, -0.2) is 0 Å². The zero-order valence-corrected chi connectivity index (χ0v) is 15.6. The Bertz CT molecular complexity index is 719. The van der Waals surface area contributed by atoms with Crippen molar-refractivity contribution >= 4 is 0 Å². The summed E-state index contributed by atoms with van der Waals surface area (Å²) < 4.78 is 47.6. The van der Waals surface area contributed by atoms with Gasteiger partial charge in [-0.1, -0.05) is 26.0 Å². The van der Waals surface area contributed by atoms with Gasteiger partial charge < -0.3 is 9.15 Å². The van der Waals surface area contributed by atoms with Crippen LogP contribution in [0.1, 0.15) is 48.2 Å². The highest BCUT2D eigenvalue weighted by molar-refractivity contribution is 5.43. The van der Waals surface area contributed by atoms with Crippen LogP contribution in [0.3, 0.4) is 0 Å². The largest absolute Gasteiger partial charge is 0.484 e. The lowest BCUT2D eigenvalue weighted by atomic mass is 10.1. The molecule has 26 heavy (non-hydrogen) atoms. The molecule has 1 heterocycles. The first-order valence-electron chi connectivity index (χ1n) is 8.35. The second kappa shape index (κ2) is 8.07. The van der Waals surface area contributed by atoms with Crippen LogP contribution in [0.4, 0.5) is 13.2 Å². The van der Waals surface area contributed by atoms with Crippen molar-refractivity contribution in [2.75, 3.05) is 13.7 Å². The highest BCUT2D eigenvalue weighted by Crippen LogP contribution is 2.27. The lowest BCUT2D eigenvalue weighted by molar-refractivity contribution is -0.153. The number of aromatic nitrogens is 2. The SMILES string of the molecule is Cc1cc(CN(C)Cc2nnc(C(C)C)o2)cc(C)c1OCC(F)(F)F. The molecule has 1 aromatic carbocycles. The van der Waals surface area contributed by atoms with E-state index in [-0.39, 0.29) is 11.7 Å². The number of rotatable bonds is 7. The zero-order valence-electron chi connectivity index (χ0n) is 15.6. The van der Waals surface area contributed by atoms with Crippen molar-refractivity contribution in [3.05, 3.63) is 40.6 Å². The molecule has 0 spiro atoms. The molecule has 0 atom stereocenters. The van der Waals surface area contributed by atoms with Crippen molar-refractivity contribution in [1.29, 1.82) is 0 Å². The van der Waals surface area contributed by atoms with Gasteiger partial charge in [-0.2, -0.15) is 13.2 Å². The van der Waals surface area contributed by atoms with Gasteiger partial charge in [0.1, 0.15) is 5.75 Å². The van der Waals surface area contributed by atoms with Crippen LogP contribution in [0, 0.1) is 13.8 Å². The van der Waals surface area contributed by atoms with E-state index in [4.69, 9.17) is 9.15 Å². The van der Waals surface area contributed by atoms with Gasteiger partial charge in [0, 0.05) is 12.5 Å². The third-order valence-corrected chi connectivity index (χ3v) is 3.73. The predicted octanol–water partition coefficient (Wildman–Crippen LogP) is 4.38. The lowest BCUT2D eigenvalue weighted by Gasteiger charge is -2.18. The Hall–Kier alpha value is -2.09. The van der Waals surface area contributed by atoms with E-state index in [1.165, 1.54) is 0 Å². The molecule has 0 saturated carbocycles. The highest BCUT2D eigenvalue weighted by Gasteiger charge is 2.29. The molecule has 8 heteroatoms. The Morgan fingerprint density at radius 2 is 1.73 bits per heavy atom. The first-order valence-corrected chi connectivity index (χ1v) is 8.35. The molecule has 1 aromatic heterocycles. The number of aryl methyl sites for hydroxylation is 2. The molecule has 144 valence electrons.